The van der Waals surface area contributed by atoms with Gasteiger partial charge in [0.15, 0.2) is 5.69 Å². The average molecular weight is 339 g/mol. The summed E-state index contributed by atoms with van der Waals surface area (Å²) in [5, 5.41) is 14.8. The number of nitrogens with zero attached hydrogens (tertiary/aromatic N) is 3. The molecule has 25 heavy (non-hydrogen) atoms. The molecule has 0 saturated carbocycles. The van der Waals surface area contributed by atoms with Crippen molar-refractivity contribution in [1.82, 2.24) is 25.3 Å². The van der Waals surface area contributed by atoms with Gasteiger partial charge in [0.2, 0.25) is 0 Å². The number of benzene rings is 1. The molecule has 0 aliphatic carbocycles. The Balaban J connectivity index is 1.95. The Kier molecular flexibility index (Phi) is 4.39. The van der Waals surface area contributed by atoms with Gasteiger partial charge in [-0.1, -0.05) is 18.2 Å². The van der Waals surface area contributed by atoms with Crippen LogP contribution in [0.2, 0.25) is 0 Å². The number of aryl methyl sites for hydroxylation is 2. The second kappa shape index (κ2) is 6.51. The third-order valence-corrected chi connectivity index (χ3v) is 4.43. The number of rotatable bonds is 4. The summed E-state index contributed by atoms with van der Waals surface area (Å²) in [5.41, 5.74) is 2.83. The van der Waals surface area contributed by atoms with Gasteiger partial charge in [-0.05, 0) is 33.8 Å². The van der Waals surface area contributed by atoms with Crippen LogP contribution in [0, 0.1) is 13.8 Å². The number of amides is 1. The van der Waals surface area contributed by atoms with Crippen LogP contribution in [-0.4, -0.2) is 25.9 Å². The van der Waals surface area contributed by atoms with Crippen molar-refractivity contribution in [3.05, 3.63) is 57.3 Å². The zero-order valence-electron chi connectivity index (χ0n) is 14.8. The van der Waals surface area contributed by atoms with E-state index >= 15 is 0 Å². The summed E-state index contributed by atoms with van der Waals surface area (Å²) in [6.45, 7) is 8.66. The third kappa shape index (κ3) is 2.93. The van der Waals surface area contributed by atoms with Gasteiger partial charge < -0.3 is 5.32 Å². The number of fused-ring (bicyclic) bond motifs is 1. The van der Waals surface area contributed by atoms with Gasteiger partial charge in [-0.25, -0.2) is 5.10 Å². The summed E-state index contributed by atoms with van der Waals surface area (Å²) < 4.78 is 1.92. The van der Waals surface area contributed by atoms with Crippen LogP contribution >= 0.6 is 0 Å². The largest absolute Gasteiger partial charge is 0.344 e. The van der Waals surface area contributed by atoms with Crippen LogP contribution in [-0.2, 0) is 6.54 Å². The van der Waals surface area contributed by atoms with E-state index in [9.17, 15) is 9.59 Å². The van der Waals surface area contributed by atoms with E-state index in [-0.39, 0.29) is 23.2 Å². The molecule has 1 amide bonds. The summed E-state index contributed by atoms with van der Waals surface area (Å²) in [6, 6.07) is 6.72. The highest BCUT2D eigenvalue weighted by atomic mass is 16.2. The predicted octanol–water partition coefficient (Wildman–Crippen LogP) is 2.25. The highest BCUT2D eigenvalue weighted by Crippen LogP contribution is 2.22. The van der Waals surface area contributed by atoms with Crippen molar-refractivity contribution in [2.75, 3.05) is 0 Å². The maximum atomic E-state index is 12.7. The molecule has 7 nitrogen and oxygen atoms in total. The van der Waals surface area contributed by atoms with E-state index in [4.69, 9.17) is 0 Å². The van der Waals surface area contributed by atoms with Gasteiger partial charge in [-0.2, -0.15) is 10.2 Å². The van der Waals surface area contributed by atoms with Gasteiger partial charge in [-0.3, -0.25) is 14.3 Å². The summed E-state index contributed by atoms with van der Waals surface area (Å²) >= 11 is 0. The molecule has 2 heterocycles. The van der Waals surface area contributed by atoms with Crippen molar-refractivity contribution in [2.24, 2.45) is 0 Å². The van der Waals surface area contributed by atoms with Gasteiger partial charge in [-0.15, -0.1) is 0 Å². The van der Waals surface area contributed by atoms with E-state index in [0.29, 0.717) is 10.8 Å². The maximum Gasteiger partial charge on any atom is 0.272 e. The van der Waals surface area contributed by atoms with Crippen molar-refractivity contribution in [2.45, 2.75) is 40.3 Å². The molecule has 0 fully saturated rings. The van der Waals surface area contributed by atoms with Crippen LogP contribution in [0.4, 0.5) is 0 Å². The average Bonchev–Trinajstić information content (AvgIpc) is 2.89. The molecule has 2 aromatic heterocycles. The highest BCUT2D eigenvalue weighted by molar-refractivity contribution is 6.04. The minimum atomic E-state index is -0.331. The van der Waals surface area contributed by atoms with Gasteiger partial charge in [0.1, 0.15) is 0 Å². The molecule has 130 valence electrons. The second-order valence-electron chi connectivity index (χ2n) is 6.04. The fraction of sp³-hybridized carbons (Fsp3) is 0.333. The first-order valence-electron chi connectivity index (χ1n) is 8.26. The van der Waals surface area contributed by atoms with Crippen LogP contribution in [0.15, 0.2) is 29.1 Å². The Labute approximate surface area is 145 Å². The molecule has 0 aliphatic rings. The number of H-pyrrole nitrogens is 1. The lowest BCUT2D eigenvalue weighted by Crippen LogP contribution is -2.29. The van der Waals surface area contributed by atoms with E-state index in [0.717, 1.165) is 23.5 Å². The fourth-order valence-electron chi connectivity index (χ4n) is 3.27. The molecule has 7 heteroatoms. The Hall–Kier alpha value is -2.96. The molecular formula is C18H21N5O2. The Morgan fingerprint density at radius 1 is 1.28 bits per heavy atom. The van der Waals surface area contributed by atoms with Crippen molar-refractivity contribution in [3.63, 3.8) is 0 Å². The van der Waals surface area contributed by atoms with Crippen LogP contribution in [0.1, 0.15) is 47.3 Å². The molecule has 3 rings (SSSR count). The number of aromatic amines is 1. The van der Waals surface area contributed by atoms with E-state index in [1.165, 1.54) is 0 Å². The Morgan fingerprint density at radius 3 is 2.60 bits per heavy atom. The third-order valence-electron chi connectivity index (χ3n) is 4.43. The molecule has 3 aromatic rings. The Morgan fingerprint density at radius 2 is 1.96 bits per heavy atom. The number of carbonyl (C=O) groups excluding carboxylic acids is 1. The van der Waals surface area contributed by atoms with Crippen LogP contribution < -0.4 is 10.9 Å². The topological polar surface area (TPSA) is 92.7 Å². The van der Waals surface area contributed by atoms with E-state index < -0.39 is 0 Å². The summed E-state index contributed by atoms with van der Waals surface area (Å²) in [4.78, 5) is 24.6. The predicted molar refractivity (Wildman–Crippen MR) is 95.6 cm³/mol. The lowest BCUT2D eigenvalue weighted by molar-refractivity contribution is 0.0935. The minimum absolute atomic E-state index is 0.209. The van der Waals surface area contributed by atoms with Gasteiger partial charge in [0, 0.05) is 23.2 Å². The highest BCUT2D eigenvalue weighted by Gasteiger charge is 2.21. The number of nitrogens with one attached hydrogen (secondary N) is 2. The first kappa shape index (κ1) is 16.9. The summed E-state index contributed by atoms with van der Waals surface area (Å²) in [7, 11) is 0. The smallest absolute Gasteiger partial charge is 0.272 e. The molecule has 0 unspecified atom stereocenters. The number of hydrogen-bond acceptors (Lipinski definition) is 4. The standard InChI is InChI=1S/C18H21N5O2/c1-5-23-12(4)15(11(3)22-23)10(2)19-18(25)16-13-8-6-7-9-14(13)17(24)21-20-16/h6-10H,5H2,1-4H3,(H,19,25)(H,21,24)/t10-/m0/s1. The first-order valence-corrected chi connectivity index (χ1v) is 8.26. The Bertz CT molecular complexity index is 1000. The maximum absolute atomic E-state index is 12.7. The quantitative estimate of drug-likeness (QED) is 0.762. The number of carbonyl (C=O) groups is 1. The van der Waals surface area contributed by atoms with Crippen molar-refractivity contribution in [3.8, 4) is 0 Å². The van der Waals surface area contributed by atoms with Crippen molar-refractivity contribution in [1.29, 1.82) is 0 Å². The molecular weight excluding hydrogens is 318 g/mol. The molecule has 1 atom stereocenters. The molecule has 0 saturated heterocycles. The second-order valence-corrected chi connectivity index (χ2v) is 6.04. The zero-order chi connectivity index (χ0) is 18.1. The molecule has 1 aromatic carbocycles. The van der Waals surface area contributed by atoms with Gasteiger partial charge in [0.05, 0.1) is 17.1 Å². The monoisotopic (exact) mass is 339 g/mol. The van der Waals surface area contributed by atoms with Gasteiger partial charge >= 0.3 is 0 Å². The number of hydrogen-bond donors (Lipinski definition) is 2. The first-order chi connectivity index (χ1) is 11.9. The SMILES string of the molecule is CCn1nc(C)c([C@H](C)NC(=O)c2n[nH]c(=O)c3ccccc23)c1C. The minimum Gasteiger partial charge on any atom is -0.344 e. The molecule has 0 aliphatic heterocycles. The van der Waals surface area contributed by atoms with E-state index in [2.05, 4.69) is 20.6 Å². The van der Waals surface area contributed by atoms with Crippen LogP contribution in [0.25, 0.3) is 10.8 Å². The fourth-order valence-corrected chi connectivity index (χ4v) is 3.27. The van der Waals surface area contributed by atoms with Crippen molar-refractivity contribution >= 4 is 16.7 Å². The molecule has 0 spiro atoms. The molecule has 0 radical (unpaired) electrons. The van der Waals surface area contributed by atoms with E-state index in [1.807, 2.05) is 32.4 Å². The molecule has 0 bridgehead atoms. The summed E-state index contributed by atoms with van der Waals surface area (Å²) in [5.74, 6) is -0.331. The molecule has 2 N–H and O–H groups in total. The van der Waals surface area contributed by atoms with Crippen LogP contribution in [0.3, 0.4) is 0 Å². The normalized spacial score (nSPS) is 12.3. The zero-order valence-corrected chi connectivity index (χ0v) is 14.8. The van der Waals surface area contributed by atoms with Crippen LogP contribution in [0.5, 0.6) is 0 Å². The lowest BCUT2D eigenvalue weighted by atomic mass is 10.1. The number of aromatic nitrogens is 4. The van der Waals surface area contributed by atoms with Gasteiger partial charge in [0.25, 0.3) is 11.5 Å². The van der Waals surface area contributed by atoms with E-state index in [1.54, 1.807) is 24.3 Å². The van der Waals surface area contributed by atoms with Crippen molar-refractivity contribution < 1.29 is 4.79 Å². The summed E-state index contributed by atoms with van der Waals surface area (Å²) in [6.07, 6.45) is 0. The lowest BCUT2D eigenvalue weighted by Gasteiger charge is -2.15.